The van der Waals surface area contributed by atoms with Crippen molar-refractivity contribution in [1.82, 2.24) is 0 Å². The number of ether oxygens (including phenoxy) is 2. The van der Waals surface area contributed by atoms with Crippen molar-refractivity contribution in [3.63, 3.8) is 0 Å². The fourth-order valence-electron chi connectivity index (χ4n) is 1.87. The molecular weight excluding hydrogens is 287 g/mol. The molecule has 0 spiro atoms. The summed E-state index contributed by atoms with van der Waals surface area (Å²) in [5.41, 5.74) is 0. The Labute approximate surface area is 130 Å². The van der Waals surface area contributed by atoms with Crippen LogP contribution in [0.1, 0.15) is 57.8 Å². The van der Waals surface area contributed by atoms with Crippen molar-refractivity contribution in [3.8, 4) is 0 Å². The highest BCUT2D eigenvalue weighted by Gasteiger charge is 2.00. The van der Waals surface area contributed by atoms with Crippen LogP contribution in [0.4, 0.5) is 0 Å². The number of hydrogen-bond donors (Lipinski definition) is 0. The Kier molecular flexibility index (Phi) is 14.8. The number of esters is 2. The topological polar surface area (TPSA) is 52.6 Å². The molecule has 0 bridgehead atoms. The summed E-state index contributed by atoms with van der Waals surface area (Å²) < 4.78 is 9.98. The number of carbonyl (C=O) groups is 2. The van der Waals surface area contributed by atoms with E-state index in [1.165, 1.54) is 31.8 Å². The fraction of sp³-hybridized carbons (Fsp3) is 0.750. The maximum absolute atomic E-state index is 11.1. The first kappa shape index (κ1) is 20.1. The van der Waals surface area contributed by atoms with Crippen molar-refractivity contribution in [2.45, 2.75) is 57.8 Å². The molecule has 0 amide bonds. The molecule has 0 radical (unpaired) electrons. The normalized spacial score (nSPS) is 10.1. The molecule has 1 atom stereocenters. The quantitative estimate of drug-likeness (QED) is 0.212. The van der Waals surface area contributed by atoms with E-state index in [1.807, 2.05) is 0 Å². The second-order valence-electron chi connectivity index (χ2n) is 4.96. The Hall–Kier alpha value is -0.890. The molecule has 5 heteroatoms. The second kappa shape index (κ2) is 15.5. The number of hydrogen-bond acceptors (Lipinski definition) is 4. The van der Waals surface area contributed by atoms with Gasteiger partial charge in [0.1, 0.15) is 0 Å². The van der Waals surface area contributed by atoms with Gasteiger partial charge in [0.05, 0.1) is 13.2 Å². The monoisotopic (exact) mass is 316 g/mol. The molecule has 1 unspecified atom stereocenters. The van der Waals surface area contributed by atoms with Gasteiger partial charge in [-0.25, -0.2) is 4.79 Å². The van der Waals surface area contributed by atoms with Crippen LogP contribution in [0.25, 0.3) is 0 Å². The summed E-state index contributed by atoms with van der Waals surface area (Å²) in [6.07, 6.45) is 11.3. The van der Waals surface area contributed by atoms with Gasteiger partial charge in [-0.3, -0.25) is 4.79 Å². The first-order valence-corrected chi connectivity index (χ1v) is 8.67. The van der Waals surface area contributed by atoms with E-state index in [-0.39, 0.29) is 11.9 Å². The van der Waals surface area contributed by atoms with Crippen LogP contribution in [0.15, 0.2) is 12.7 Å². The zero-order valence-electron chi connectivity index (χ0n) is 13.0. The molecule has 0 aliphatic rings. The molecule has 0 aliphatic carbocycles. The molecule has 0 aromatic rings. The van der Waals surface area contributed by atoms with Crippen molar-refractivity contribution in [3.05, 3.63) is 12.7 Å². The van der Waals surface area contributed by atoms with Crippen LogP contribution in [0.2, 0.25) is 0 Å². The van der Waals surface area contributed by atoms with Crippen molar-refractivity contribution in [2.24, 2.45) is 0 Å². The van der Waals surface area contributed by atoms with Gasteiger partial charge in [0.2, 0.25) is 0 Å². The van der Waals surface area contributed by atoms with Gasteiger partial charge in [0.25, 0.3) is 0 Å². The van der Waals surface area contributed by atoms with Crippen molar-refractivity contribution >= 4 is 21.2 Å². The minimum absolute atomic E-state index is 0.0952. The maximum atomic E-state index is 11.1. The summed E-state index contributed by atoms with van der Waals surface area (Å²) in [7, 11) is 2.52. The van der Waals surface area contributed by atoms with E-state index in [0.717, 1.165) is 31.8 Å². The molecular formula is C16H29O4P. The average Bonchev–Trinajstić information content (AvgIpc) is 2.48. The Balaban J connectivity index is 3.10. The van der Waals surface area contributed by atoms with E-state index >= 15 is 0 Å². The van der Waals surface area contributed by atoms with E-state index in [2.05, 4.69) is 15.8 Å². The lowest BCUT2D eigenvalue weighted by Gasteiger charge is -2.04. The standard InChI is InChI=1S/C16H29O4P/c1-2-15(17)19-12-9-7-5-3-4-6-8-10-13-20-16(18)11-14-21/h2H,1,3-14,21H2. The minimum Gasteiger partial charge on any atom is -0.466 e. The molecule has 21 heavy (non-hydrogen) atoms. The molecule has 0 saturated carbocycles. The van der Waals surface area contributed by atoms with Crippen LogP contribution in [-0.2, 0) is 19.1 Å². The number of unbranched alkanes of at least 4 members (excludes halogenated alkanes) is 7. The molecule has 0 aromatic heterocycles. The third-order valence-corrected chi connectivity index (χ3v) is 3.35. The molecule has 0 rings (SSSR count). The lowest BCUT2D eigenvalue weighted by molar-refractivity contribution is -0.143. The van der Waals surface area contributed by atoms with Gasteiger partial charge in [0.15, 0.2) is 0 Å². The van der Waals surface area contributed by atoms with Crippen LogP contribution in [0.3, 0.4) is 0 Å². The van der Waals surface area contributed by atoms with Crippen molar-refractivity contribution in [1.29, 1.82) is 0 Å². The first-order valence-electron chi connectivity index (χ1n) is 7.85. The van der Waals surface area contributed by atoms with Crippen molar-refractivity contribution in [2.75, 3.05) is 19.4 Å². The SMILES string of the molecule is C=CC(=O)OCCCCCCCCCCOC(=O)CCP. The first-order chi connectivity index (χ1) is 10.2. The minimum atomic E-state index is -0.339. The van der Waals surface area contributed by atoms with Crippen LogP contribution >= 0.6 is 9.24 Å². The Morgan fingerprint density at radius 2 is 1.33 bits per heavy atom. The van der Waals surface area contributed by atoms with E-state index in [0.29, 0.717) is 19.6 Å². The predicted octanol–water partition coefficient (Wildman–Crippen LogP) is 3.64. The molecule has 0 heterocycles. The van der Waals surface area contributed by atoms with Gasteiger partial charge in [-0.2, -0.15) is 0 Å². The smallest absolute Gasteiger partial charge is 0.330 e. The van der Waals surface area contributed by atoms with E-state index in [1.54, 1.807) is 0 Å². The third kappa shape index (κ3) is 15.3. The highest BCUT2D eigenvalue weighted by atomic mass is 31.0. The summed E-state index contributed by atoms with van der Waals surface area (Å²) in [6.45, 7) is 4.39. The summed E-state index contributed by atoms with van der Waals surface area (Å²) in [5.74, 6) is -0.435. The van der Waals surface area contributed by atoms with E-state index in [4.69, 9.17) is 9.47 Å². The van der Waals surface area contributed by atoms with E-state index in [9.17, 15) is 9.59 Å². The largest absolute Gasteiger partial charge is 0.466 e. The molecule has 4 nitrogen and oxygen atoms in total. The second-order valence-corrected chi connectivity index (χ2v) is 5.54. The maximum Gasteiger partial charge on any atom is 0.330 e. The predicted molar refractivity (Wildman–Crippen MR) is 88.2 cm³/mol. The number of carbonyl (C=O) groups excluding carboxylic acids is 2. The fourth-order valence-corrected chi connectivity index (χ4v) is 2.11. The van der Waals surface area contributed by atoms with Crippen LogP contribution < -0.4 is 0 Å². The summed E-state index contributed by atoms with van der Waals surface area (Å²) in [5, 5.41) is 0. The highest BCUT2D eigenvalue weighted by molar-refractivity contribution is 7.16. The van der Waals surface area contributed by atoms with E-state index < -0.39 is 0 Å². The molecule has 0 aliphatic heterocycles. The van der Waals surface area contributed by atoms with Crippen LogP contribution in [0, 0.1) is 0 Å². The van der Waals surface area contributed by atoms with Crippen molar-refractivity contribution < 1.29 is 19.1 Å². The lowest BCUT2D eigenvalue weighted by atomic mass is 10.1. The van der Waals surface area contributed by atoms with Gasteiger partial charge in [-0.1, -0.05) is 45.1 Å². The van der Waals surface area contributed by atoms with Gasteiger partial charge in [-0.15, -0.1) is 9.24 Å². The summed E-state index contributed by atoms with van der Waals surface area (Å²) >= 11 is 0. The highest BCUT2D eigenvalue weighted by Crippen LogP contribution is 2.09. The molecule has 0 N–H and O–H groups in total. The van der Waals surface area contributed by atoms with Gasteiger partial charge in [-0.05, 0) is 19.0 Å². The Morgan fingerprint density at radius 1 is 0.857 bits per heavy atom. The Bertz CT molecular complexity index is 292. The Morgan fingerprint density at radius 3 is 1.81 bits per heavy atom. The molecule has 0 aromatic carbocycles. The van der Waals surface area contributed by atoms with Gasteiger partial charge < -0.3 is 9.47 Å². The zero-order chi connectivity index (χ0) is 15.8. The molecule has 0 fully saturated rings. The number of rotatable bonds is 14. The van der Waals surface area contributed by atoms with Crippen LogP contribution in [0.5, 0.6) is 0 Å². The zero-order valence-corrected chi connectivity index (χ0v) is 14.1. The van der Waals surface area contributed by atoms with Gasteiger partial charge in [0, 0.05) is 12.5 Å². The van der Waals surface area contributed by atoms with Crippen LogP contribution in [-0.4, -0.2) is 31.3 Å². The summed E-state index contributed by atoms with van der Waals surface area (Å²) in [6, 6.07) is 0. The average molecular weight is 316 g/mol. The molecule has 0 saturated heterocycles. The lowest BCUT2D eigenvalue weighted by Crippen LogP contribution is -2.05. The summed E-state index contributed by atoms with van der Waals surface area (Å²) in [4.78, 5) is 21.9. The molecule has 122 valence electrons. The van der Waals surface area contributed by atoms with Gasteiger partial charge >= 0.3 is 11.9 Å². The third-order valence-electron chi connectivity index (χ3n) is 3.06.